The van der Waals surface area contributed by atoms with Gasteiger partial charge in [-0.2, -0.15) is 0 Å². The van der Waals surface area contributed by atoms with Crippen LogP contribution in [0.25, 0.3) is 0 Å². The van der Waals surface area contributed by atoms with E-state index in [4.69, 9.17) is 0 Å². The third-order valence-electron chi connectivity index (χ3n) is 3.09. The summed E-state index contributed by atoms with van der Waals surface area (Å²) in [5.74, 6) is -0.310. The van der Waals surface area contributed by atoms with Gasteiger partial charge in [0.1, 0.15) is 10.2 Å². The van der Waals surface area contributed by atoms with E-state index in [1.165, 1.54) is 0 Å². The first-order chi connectivity index (χ1) is 8.10. The third-order valence-corrected chi connectivity index (χ3v) is 3.52. The van der Waals surface area contributed by atoms with Gasteiger partial charge in [0.15, 0.2) is 0 Å². The zero-order valence-corrected chi connectivity index (χ0v) is 11.0. The molecule has 0 saturated heterocycles. The lowest BCUT2D eigenvalue weighted by Gasteiger charge is -2.30. The number of carbonyl (C=O) groups excluding carboxylic acids is 1. The summed E-state index contributed by atoms with van der Waals surface area (Å²) in [6.07, 6.45) is 5.60. The molecule has 1 aliphatic carbocycles. The summed E-state index contributed by atoms with van der Waals surface area (Å²) in [5.41, 5.74) is -0.551. The van der Waals surface area contributed by atoms with Crippen molar-refractivity contribution in [3.05, 3.63) is 22.9 Å². The van der Waals surface area contributed by atoms with Crippen molar-refractivity contribution in [3.63, 3.8) is 0 Å². The first-order valence-corrected chi connectivity index (χ1v) is 6.55. The minimum Gasteiger partial charge on any atom is -0.380 e. The summed E-state index contributed by atoms with van der Waals surface area (Å²) in [6, 6.07) is 3.42. The van der Waals surface area contributed by atoms with Crippen molar-refractivity contribution in [3.8, 4) is 0 Å². The normalized spacial score (nSPS) is 18.7. The van der Waals surface area contributed by atoms with Gasteiger partial charge in [0, 0.05) is 11.9 Å². The van der Waals surface area contributed by atoms with Gasteiger partial charge in [0.05, 0.1) is 0 Å². The van der Waals surface area contributed by atoms with E-state index in [1.54, 1.807) is 18.3 Å². The molecular formula is C12H15BrN2O2. The molecule has 1 aromatic heterocycles. The molecule has 1 saturated carbocycles. The lowest BCUT2D eigenvalue weighted by molar-refractivity contribution is -0.137. The molecule has 1 amide bonds. The van der Waals surface area contributed by atoms with Gasteiger partial charge in [-0.1, -0.05) is 19.3 Å². The van der Waals surface area contributed by atoms with Crippen molar-refractivity contribution in [2.45, 2.75) is 37.7 Å². The lowest BCUT2D eigenvalue weighted by atomic mass is 9.84. The summed E-state index contributed by atoms with van der Waals surface area (Å²) in [7, 11) is 0. The molecule has 0 aliphatic heterocycles. The van der Waals surface area contributed by atoms with Crippen LogP contribution in [0.4, 0.5) is 5.69 Å². The summed E-state index contributed by atoms with van der Waals surface area (Å²) in [6.45, 7) is 0. The van der Waals surface area contributed by atoms with E-state index in [9.17, 15) is 9.90 Å². The summed E-state index contributed by atoms with van der Waals surface area (Å²) in [4.78, 5) is 16.0. The lowest BCUT2D eigenvalue weighted by Crippen LogP contribution is -2.44. The number of hydrogen-bond acceptors (Lipinski definition) is 3. The second-order valence-corrected chi connectivity index (χ2v) is 5.23. The highest BCUT2D eigenvalue weighted by molar-refractivity contribution is 9.10. The Bertz CT molecular complexity index is 417. The highest BCUT2D eigenvalue weighted by Gasteiger charge is 2.36. The van der Waals surface area contributed by atoms with Crippen LogP contribution in [-0.4, -0.2) is 21.6 Å². The Morgan fingerprint density at radius 2 is 2.12 bits per heavy atom. The molecule has 0 radical (unpaired) electrons. The van der Waals surface area contributed by atoms with E-state index >= 15 is 0 Å². The number of halogens is 1. The van der Waals surface area contributed by atoms with Crippen molar-refractivity contribution in [2.24, 2.45) is 0 Å². The van der Waals surface area contributed by atoms with Gasteiger partial charge >= 0.3 is 0 Å². The molecular weight excluding hydrogens is 284 g/mol. The number of nitrogens with zero attached hydrogens (tertiary/aromatic N) is 1. The van der Waals surface area contributed by atoms with Crippen molar-refractivity contribution in [2.75, 3.05) is 5.32 Å². The number of nitrogens with one attached hydrogen (secondary N) is 1. The van der Waals surface area contributed by atoms with E-state index in [-0.39, 0.29) is 5.91 Å². The average Bonchev–Trinajstić information content (AvgIpc) is 2.30. The molecule has 1 heterocycles. The maximum Gasteiger partial charge on any atom is 0.256 e. The van der Waals surface area contributed by atoms with Crippen LogP contribution in [0.1, 0.15) is 32.1 Å². The van der Waals surface area contributed by atoms with Crippen LogP contribution in [-0.2, 0) is 4.79 Å². The van der Waals surface area contributed by atoms with Crippen molar-refractivity contribution >= 4 is 27.5 Å². The largest absolute Gasteiger partial charge is 0.380 e. The first-order valence-electron chi connectivity index (χ1n) is 5.75. The summed E-state index contributed by atoms with van der Waals surface area (Å²) in [5, 5.41) is 13.0. The van der Waals surface area contributed by atoms with E-state index in [0.717, 1.165) is 19.3 Å². The fourth-order valence-corrected chi connectivity index (χ4v) is 2.46. The topological polar surface area (TPSA) is 62.2 Å². The van der Waals surface area contributed by atoms with E-state index in [2.05, 4.69) is 26.2 Å². The quantitative estimate of drug-likeness (QED) is 0.825. The maximum absolute atomic E-state index is 12.0. The van der Waals surface area contributed by atoms with Crippen LogP contribution < -0.4 is 5.32 Å². The zero-order valence-electron chi connectivity index (χ0n) is 9.45. The number of aliphatic hydroxyl groups is 1. The maximum atomic E-state index is 12.0. The summed E-state index contributed by atoms with van der Waals surface area (Å²) < 4.78 is 0.658. The minimum absolute atomic E-state index is 0.310. The standard InChI is InChI=1S/C12H15BrN2O2/c13-10-8-9(4-7-14-10)15-11(16)12(17)5-2-1-3-6-12/h4,7-8,17H,1-3,5-6H2,(H,14,15,16). The first kappa shape index (κ1) is 12.5. The van der Waals surface area contributed by atoms with Gasteiger partial charge in [-0.05, 0) is 40.9 Å². The molecule has 0 aromatic carbocycles. The number of rotatable bonds is 2. The number of carbonyl (C=O) groups is 1. The number of pyridine rings is 1. The van der Waals surface area contributed by atoms with Gasteiger partial charge in [-0.3, -0.25) is 4.79 Å². The number of hydrogen-bond donors (Lipinski definition) is 2. The van der Waals surface area contributed by atoms with E-state index in [0.29, 0.717) is 23.1 Å². The van der Waals surface area contributed by atoms with Gasteiger partial charge in [0.25, 0.3) is 5.91 Å². The Labute approximate surface area is 109 Å². The van der Waals surface area contributed by atoms with Crippen LogP contribution >= 0.6 is 15.9 Å². The van der Waals surface area contributed by atoms with E-state index in [1.807, 2.05) is 0 Å². The van der Waals surface area contributed by atoms with Crippen molar-refractivity contribution in [1.29, 1.82) is 0 Å². The Kier molecular flexibility index (Phi) is 3.79. The molecule has 92 valence electrons. The summed E-state index contributed by atoms with van der Waals surface area (Å²) >= 11 is 3.24. The Morgan fingerprint density at radius 1 is 1.41 bits per heavy atom. The Hall–Kier alpha value is -0.940. The fourth-order valence-electron chi connectivity index (χ4n) is 2.09. The van der Waals surface area contributed by atoms with Crippen LogP contribution in [0.5, 0.6) is 0 Å². The van der Waals surface area contributed by atoms with Crippen molar-refractivity contribution < 1.29 is 9.90 Å². The number of amides is 1. The average molecular weight is 299 g/mol. The highest BCUT2D eigenvalue weighted by Crippen LogP contribution is 2.29. The Morgan fingerprint density at radius 3 is 2.76 bits per heavy atom. The van der Waals surface area contributed by atoms with Gasteiger partial charge in [-0.25, -0.2) is 4.98 Å². The predicted molar refractivity (Wildman–Crippen MR) is 68.6 cm³/mol. The second-order valence-electron chi connectivity index (χ2n) is 4.41. The third kappa shape index (κ3) is 3.04. The predicted octanol–water partition coefficient (Wildman–Crippen LogP) is 2.48. The van der Waals surface area contributed by atoms with Gasteiger partial charge in [-0.15, -0.1) is 0 Å². The molecule has 0 atom stereocenters. The zero-order chi connectivity index (χ0) is 12.3. The number of anilines is 1. The smallest absolute Gasteiger partial charge is 0.256 e. The molecule has 0 bridgehead atoms. The highest BCUT2D eigenvalue weighted by atomic mass is 79.9. The van der Waals surface area contributed by atoms with Crippen LogP contribution in [0.15, 0.2) is 22.9 Å². The second kappa shape index (κ2) is 5.14. The van der Waals surface area contributed by atoms with Gasteiger partial charge in [0.2, 0.25) is 0 Å². The van der Waals surface area contributed by atoms with E-state index < -0.39 is 5.60 Å². The SMILES string of the molecule is O=C(Nc1ccnc(Br)c1)C1(O)CCCCC1. The molecule has 1 aliphatic rings. The molecule has 0 spiro atoms. The molecule has 1 aromatic rings. The number of aromatic nitrogens is 1. The molecule has 17 heavy (non-hydrogen) atoms. The van der Waals surface area contributed by atoms with Crippen LogP contribution in [0.3, 0.4) is 0 Å². The van der Waals surface area contributed by atoms with Gasteiger partial charge < -0.3 is 10.4 Å². The molecule has 0 unspecified atom stereocenters. The molecule has 4 nitrogen and oxygen atoms in total. The molecule has 2 N–H and O–H groups in total. The monoisotopic (exact) mass is 298 g/mol. The Balaban J connectivity index is 2.05. The van der Waals surface area contributed by atoms with Crippen LogP contribution in [0, 0.1) is 0 Å². The fraction of sp³-hybridized carbons (Fsp3) is 0.500. The molecule has 1 fully saturated rings. The van der Waals surface area contributed by atoms with Crippen molar-refractivity contribution in [1.82, 2.24) is 4.98 Å². The van der Waals surface area contributed by atoms with Crippen LogP contribution in [0.2, 0.25) is 0 Å². The molecule has 5 heteroatoms. The molecule has 2 rings (SSSR count). The minimum atomic E-state index is -1.20.